The molecule has 1 aliphatic carbocycles. The zero-order chi connectivity index (χ0) is 10.6. The van der Waals surface area contributed by atoms with E-state index in [4.69, 9.17) is 0 Å². The van der Waals surface area contributed by atoms with Gasteiger partial charge in [0.1, 0.15) is 0 Å². The van der Waals surface area contributed by atoms with Crippen molar-refractivity contribution in [1.82, 2.24) is 0 Å². The molecule has 1 rings (SSSR count). The Kier molecular flexibility index (Phi) is 3.44. The van der Waals surface area contributed by atoms with Gasteiger partial charge in [0.05, 0.1) is 13.5 Å². The molecule has 0 aliphatic heterocycles. The SMILES string of the molecule is CCC1(CC(=O)OC)CCC=CC1=O. The fourth-order valence-electron chi connectivity index (χ4n) is 1.85. The first-order chi connectivity index (χ1) is 6.64. The quantitative estimate of drug-likeness (QED) is 0.647. The molecule has 1 atom stereocenters. The van der Waals surface area contributed by atoms with Crippen molar-refractivity contribution < 1.29 is 14.3 Å². The topological polar surface area (TPSA) is 43.4 Å². The van der Waals surface area contributed by atoms with Crippen molar-refractivity contribution in [3.05, 3.63) is 12.2 Å². The highest BCUT2D eigenvalue weighted by Crippen LogP contribution is 2.36. The standard InChI is InChI=1S/C11H16O3/c1-3-11(8-10(13)14-2)7-5-4-6-9(11)12/h4,6H,3,5,7-8H2,1-2H3. The summed E-state index contributed by atoms with van der Waals surface area (Å²) >= 11 is 0. The van der Waals surface area contributed by atoms with Crippen LogP contribution in [0.4, 0.5) is 0 Å². The highest BCUT2D eigenvalue weighted by molar-refractivity contribution is 5.97. The molecule has 14 heavy (non-hydrogen) atoms. The van der Waals surface area contributed by atoms with Gasteiger partial charge < -0.3 is 4.74 Å². The highest BCUT2D eigenvalue weighted by atomic mass is 16.5. The molecule has 0 radical (unpaired) electrons. The van der Waals surface area contributed by atoms with Crippen LogP contribution >= 0.6 is 0 Å². The van der Waals surface area contributed by atoms with Crippen LogP contribution < -0.4 is 0 Å². The summed E-state index contributed by atoms with van der Waals surface area (Å²) in [6.45, 7) is 1.94. The van der Waals surface area contributed by atoms with E-state index in [1.54, 1.807) is 6.08 Å². The minimum Gasteiger partial charge on any atom is -0.469 e. The van der Waals surface area contributed by atoms with E-state index in [1.165, 1.54) is 7.11 Å². The Morgan fingerprint density at radius 2 is 2.36 bits per heavy atom. The number of hydrogen-bond donors (Lipinski definition) is 0. The lowest BCUT2D eigenvalue weighted by atomic mass is 9.71. The van der Waals surface area contributed by atoms with E-state index >= 15 is 0 Å². The van der Waals surface area contributed by atoms with Crippen molar-refractivity contribution in [2.45, 2.75) is 32.6 Å². The second-order valence-electron chi connectivity index (χ2n) is 3.69. The lowest BCUT2D eigenvalue weighted by molar-refractivity contribution is -0.147. The first kappa shape index (κ1) is 11.0. The lowest BCUT2D eigenvalue weighted by Crippen LogP contribution is -2.34. The van der Waals surface area contributed by atoms with Gasteiger partial charge in [-0.3, -0.25) is 9.59 Å². The Bertz CT molecular complexity index is 268. The largest absolute Gasteiger partial charge is 0.469 e. The maximum absolute atomic E-state index is 11.7. The van der Waals surface area contributed by atoms with Crippen LogP contribution in [-0.2, 0) is 14.3 Å². The second kappa shape index (κ2) is 4.40. The van der Waals surface area contributed by atoms with Crippen LogP contribution in [0.2, 0.25) is 0 Å². The zero-order valence-corrected chi connectivity index (χ0v) is 8.71. The molecule has 0 amide bonds. The van der Waals surface area contributed by atoms with Gasteiger partial charge in [0.2, 0.25) is 0 Å². The van der Waals surface area contributed by atoms with Gasteiger partial charge in [-0.1, -0.05) is 13.0 Å². The summed E-state index contributed by atoms with van der Waals surface area (Å²) in [4.78, 5) is 22.9. The third kappa shape index (κ3) is 2.03. The molecule has 0 spiro atoms. The van der Waals surface area contributed by atoms with Crippen LogP contribution in [0.1, 0.15) is 32.6 Å². The van der Waals surface area contributed by atoms with Crippen LogP contribution in [-0.4, -0.2) is 18.9 Å². The number of esters is 1. The minimum absolute atomic E-state index is 0.0663. The van der Waals surface area contributed by atoms with E-state index in [9.17, 15) is 9.59 Å². The fraction of sp³-hybridized carbons (Fsp3) is 0.636. The molecule has 78 valence electrons. The summed E-state index contributed by atoms with van der Waals surface area (Å²) in [6.07, 6.45) is 6.00. The number of rotatable bonds is 3. The minimum atomic E-state index is -0.498. The molecule has 0 heterocycles. The van der Waals surface area contributed by atoms with E-state index in [0.717, 1.165) is 12.8 Å². The number of ether oxygens (including phenoxy) is 1. The van der Waals surface area contributed by atoms with E-state index in [1.807, 2.05) is 13.0 Å². The Balaban J connectivity index is 2.80. The third-order valence-corrected chi connectivity index (χ3v) is 2.97. The first-order valence-corrected chi connectivity index (χ1v) is 4.92. The smallest absolute Gasteiger partial charge is 0.306 e. The van der Waals surface area contributed by atoms with Crippen molar-refractivity contribution in [3.8, 4) is 0 Å². The highest BCUT2D eigenvalue weighted by Gasteiger charge is 2.38. The Morgan fingerprint density at radius 3 is 2.86 bits per heavy atom. The third-order valence-electron chi connectivity index (χ3n) is 2.97. The van der Waals surface area contributed by atoms with Gasteiger partial charge in [0, 0.05) is 5.41 Å². The predicted molar refractivity (Wildman–Crippen MR) is 52.7 cm³/mol. The van der Waals surface area contributed by atoms with Crippen molar-refractivity contribution in [3.63, 3.8) is 0 Å². The second-order valence-corrected chi connectivity index (χ2v) is 3.69. The molecular formula is C11H16O3. The number of allylic oxidation sites excluding steroid dienone is 2. The predicted octanol–water partition coefficient (Wildman–Crippen LogP) is 1.86. The van der Waals surface area contributed by atoms with Gasteiger partial charge in [-0.2, -0.15) is 0 Å². The van der Waals surface area contributed by atoms with Crippen molar-refractivity contribution >= 4 is 11.8 Å². The van der Waals surface area contributed by atoms with Crippen LogP contribution in [0, 0.1) is 5.41 Å². The number of hydrogen-bond acceptors (Lipinski definition) is 3. The van der Waals surface area contributed by atoms with Gasteiger partial charge in [-0.25, -0.2) is 0 Å². The number of carbonyl (C=O) groups excluding carboxylic acids is 2. The molecule has 1 unspecified atom stereocenters. The molecule has 3 heteroatoms. The van der Waals surface area contributed by atoms with Crippen molar-refractivity contribution in [2.75, 3.05) is 7.11 Å². The van der Waals surface area contributed by atoms with E-state index in [-0.39, 0.29) is 18.2 Å². The molecule has 3 nitrogen and oxygen atoms in total. The fourth-order valence-corrected chi connectivity index (χ4v) is 1.85. The molecule has 0 saturated heterocycles. The summed E-state index contributed by atoms with van der Waals surface area (Å²) in [5.74, 6) is -0.229. The average Bonchev–Trinajstić information content (AvgIpc) is 2.21. The number of ketones is 1. The monoisotopic (exact) mass is 196 g/mol. The summed E-state index contributed by atoms with van der Waals surface area (Å²) < 4.78 is 4.61. The molecule has 1 aliphatic rings. The molecule has 0 bridgehead atoms. The van der Waals surface area contributed by atoms with Crippen LogP contribution in [0.3, 0.4) is 0 Å². The Labute approximate surface area is 84.1 Å². The van der Waals surface area contributed by atoms with Gasteiger partial charge in [-0.15, -0.1) is 0 Å². The van der Waals surface area contributed by atoms with Crippen molar-refractivity contribution in [2.24, 2.45) is 5.41 Å². The molecule has 0 aromatic carbocycles. The van der Waals surface area contributed by atoms with E-state index in [2.05, 4.69) is 4.74 Å². The maximum Gasteiger partial charge on any atom is 0.306 e. The first-order valence-electron chi connectivity index (χ1n) is 4.92. The van der Waals surface area contributed by atoms with Gasteiger partial charge in [-0.05, 0) is 25.3 Å². The van der Waals surface area contributed by atoms with Crippen LogP contribution in [0.5, 0.6) is 0 Å². The van der Waals surface area contributed by atoms with Gasteiger partial charge in [0.25, 0.3) is 0 Å². The van der Waals surface area contributed by atoms with E-state index < -0.39 is 5.41 Å². The average molecular weight is 196 g/mol. The zero-order valence-electron chi connectivity index (χ0n) is 8.71. The molecule has 0 saturated carbocycles. The molecule has 0 aromatic heterocycles. The Hall–Kier alpha value is -1.12. The summed E-state index contributed by atoms with van der Waals surface area (Å²) in [5.41, 5.74) is -0.498. The maximum atomic E-state index is 11.7. The van der Waals surface area contributed by atoms with Crippen molar-refractivity contribution in [1.29, 1.82) is 0 Å². The number of methoxy groups -OCH3 is 1. The summed E-state index contributed by atoms with van der Waals surface area (Å²) in [5, 5.41) is 0. The molecule has 0 N–H and O–H groups in total. The van der Waals surface area contributed by atoms with Gasteiger partial charge in [0.15, 0.2) is 5.78 Å². The molecular weight excluding hydrogens is 180 g/mol. The lowest BCUT2D eigenvalue weighted by Gasteiger charge is -2.30. The summed E-state index contributed by atoms with van der Waals surface area (Å²) in [6, 6.07) is 0. The molecule has 0 aromatic rings. The molecule has 0 fully saturated rings. The van der Waals surface area contributed by atoms with Gasteiger partial charge >= 0.3 is 5.97 Å². The van der Waals surface area contributed by atoms with Crippen LogP contribution in [0.25, 0.3) is 0 Å². The Morgan fingerprint density at radius 1 is 1.64 bits per heavy atom. The number of carbonyl (C=O) groups is 2. The summed E-state index contributed by atoms with van der Waals surface area (Å²) in [7, 11) is 1.36. The van der Waals surface area contributed by atoms with Crippen LogP contribution in [0.15, 0.2) is 12.2 Å². The van der Waals surface area contributed by atoms with E-state index in [0.29, 0.717) is 6.42 Å². The normalized spacial score (nSPS) is 26.3.